The molecule has 0 atom stereocenters. The van der Waals surface area contributed by atoms with E-state index in [9.17, 15) is 9.90 Å². The summed E-state index contributed by atoms with van der Waals surface area (Å²) in [5.74, 6) is 0.219. The summed E-state index contributed by atoms with van der Waals surface area (Å²) in [6, 6.07) is 9.76. The summed E-state index contributed by atoms with van der Waals surface area (Å²) in [6.07, 6.45) is 7.44. The van der Waals surface area contributed by atoms with E-state index >= 15 is 0 Å². The Balaban J connectivity index is 1.55. The molecular weight excluding hydrogens is 380 g/mol. The molecule has 0 spiro atoms. The third-order valence-corrected chi connectivity index (χ3v) is 5.83. The molecule has 5 N–H and O–H groups in total. The average Bonchev–Trinajstić information content (AvgIpc) is 3.15. The number of carbonyl (C=O) groups is 1. The second kappa shape index (κ2) is 7.72. The topological polar surface area (TPSA) is 130 Å². The highest BCUT2D eigenvalue weighted by atomic mass is 16.3. The van der Waals surface area contributed by atoms with Crippen LogP contribution in [0.1, 0.15) is 40.7 Å². The largest absolute Gasteiger partial charge is 0.392 e. The predicted octanol–water partition coefficient (Wildman–Crippen LogP) is 2.39. The number of nitrogens with zero attached hydrogens (tertiary/aromatic N) is 3. The Morgan fingerprint density at radius 3 is 2.57 bits per heavy atom. The number of nitrogens with two attached hydrogens (primary N) is 1. The second-order valence-corrected chi connectivity index (χ2v) is 7.67. The second-order valence-electron chi connectivity index (χ2n) is 7.67. The minimum Gasteiger partial charge on any atom is -0.392 e. The lowest BCUT2D eigenvalue weighted by Gasteiger charge is -2.42. The van der Waals surface area contributed by atoms with Crippen LogP contribution in [-0.4, -0.2) is 31.6 Å². The zero-order valence-electron chi connectivity index (χ0n) is 16.7. The van der Waals surface area contributed by atoms with Gasteiger partial charge in [0.25, 0.3) is 5.91 Å². The number of hydrogen-bond donors (Lipinski definition) is 4. The monoisotopic (exact) mass is 404 g/mol. The maximum atomic E-state index is 12.5. The number of aromatic nitrogens is 3. The molecule has 8 heteroatoms. The van der Waals surface area contributed by atoms with Gasteiger partial charge in [0, 0.05) is 30.6 Å². The number of benzene rings is 1. The van der Waals surface area contributed by atoms with Crippen molar-refractivity contribution in [3.05, 3.63) is 65.6 Å². The summed E-state index contributed by atoms with van der Waals surface area (Å²) in [7, 11) is 1.75. The molecule has 154 valence electrons. The lowest BCUT2D eigenvalue weighted by molar-refractivity contribution is 0.0972. The summed E-state index contributed by atoms with van der Waals surface area (Å²) in [5, 5.41) is 24.8. The van der Waals surface area contributed by atoms with Gasteiger partial charge in [0.05, 0.1) is 23.8 Å². The van der Waals surface area contributed by atoms with Crippen molar-refractivity contribution < 1.29 is 9.90 Å². The smallest absolute Gasteiger partial charge is 0.259 e. The highest BCUT2D eigenvalue weighted by molar-refractivity contribution is 6.09. The van der Waals surface area contributed by atoms with E-state index in [1.807, 2.05) is 30.3 Å². The zero-order chi connectivity index (χ0) is 21.3. The van der Waals surface area contributed by atoms with Gasteiger partial charge < -0.3 is 16.2 Å². The van der Waals surface area contributed by atoms with Crippen LogP contribution in [0.5, 0.6) is 0 Å². The molecule has 0 aliphatic heterocycles. The predicted molar refractivity (Wildman–Crippen MR) is 114 cm³/mol. The van der Waals surface area contributed by atoms with E-state index in [0.717, 1.165) is 36.0 Å². The molecule has 4 rings (SSSR count). The minimum absolute atomic E-state index is 0.165. The first-order chi connectivity index (χ1) is 14.4. The number of nitrogens with one attached hydrogen (secondary N) is 2. The van der Waals surface area contributed by atoms with Crippen LogP contribution in [0, 0.1) is 5.41 Å². The molecule has 0 bridgehead atoms. The highest BCUT2D eigenvalue weighted by Gasteiger charge is 2.43. The zero-order valence-corrected chi connectivity index (χ0v) is 16.7. The van der Waals surface area contributed by atoms with Crippen LogP contribution in [0.15, 0.2) is 48.9 Å². The van der Waals surface area contributed by atoms with Gasteiger partial charge in [-0.2, -0.15) is 5.10 Å². The summed E-state index contributed by atoms with van der Waals surface area (Å²) >= 11 is 0. The number of carbonyl (C=O) groups excluding carboxylic acids is 1. The van der Waals surface area contributed by atoms with Crippen LogP contribution in [0.3, 0.4) is 0 Å². The molecule has 1 amide bonds. The summed E-state index contributed by atoms with van der Waals surface area (Å²) in [6.45, 7) is -0.165. The van der Waals surface area contributed by atoms with Crippen molar-refractivity contribution >= 4 is 17.6 Å². The molecule has 2 aromatic heterocycles. The molecule has 0 unspecified atom stereocenters. The maximum absolute atomic E-state index is 12.5. The third kappa shape index (κ3) is 3.46. The summed E-state index contributed by atoms with van der Waals surface area (Å²) in [5.41, 5.74) is 9.12. The number of nitrogen functional groups attached to an aromatic ring is 1. The van der Waals surface area contributed by atoms with Crippen LogP contribution in [-0.2, 0) is 19.1 Å². The van der Waals surface area contributed by atoms with Crippen LogP contribution in [0.2, 0.25) is 0 Å². The summed E-state index contributed by atoms with van der Waals surface area (Å²) in [4.78, 5) is 16.6. The van der Waals surface area contributed by atoms with Crippen LogP contribution < -0.4 is 11.1 Å². The van der Waals surface area contributed by atoms with Crippen molar-refractivity contribution in [2.75, 3.05) is 5.73 Å². The number of amides is 1. The standard InChI is InChI=1S/C22H24N6O2/c1-28-12-17(11-26-28)20(30)27-21(24)22(7-2-8-22)18-5-3-14(4-6-18)15-9-16(13-29)19(23)25-10-15/h3-6,9-12,29H,2,7-8,13H2,1H3,(H2,23,25)(H2,24,27,30). The fourth-order valence-electron chi connectivity index (χ4n) is 3.84. The summed E-state index contributed by atoms with van der Waals surface area (Å²) < 4.78 is 1.56. The SMILES string of the molecule is Cn1cc(C(=O)NC(=N)C2(c3ccc(-c4cnc(N)c(CO)c4)cc3)CCC2)cn1. The van der Waals surface area contributed by atoms with E-state index in [1.54, 1.807) is 24.1 Å². The molecule has 0 saturated heterocycles. The Morgan fingerprint density at radius 2 is 2.00 bits per heavy atom. The fourth-order valence-corrected chi connectivity index (χ4v) is 3.84. The minimum atomic E-state index is -0.480. The van der Waals surface area contributed by atoms with Gasteiger partial charge in [0.1, 0.15) is 11.7 Å². The van der Waals surface area contributed by atoms with Gasteiger partial charge in [0.15, 0.2) is 0 Å². The number of amidine groups is 1. The fraction of sp³-hybridized carbons (Fsp3) is 0.273. The molecule has 0 radical (unpaired) electrons. The Bertz CT molecular complexity index is 1100. The lowest BCUT2D eigenvalue weighted by atomic mass is 9.63. The molecule has 30 heavy (non-hydrogen) atoms. The van der Waals surface area contributed by atoms with Crippen molar-refractivity contribution in [2.45, 2.75) is 31.3 Å². The number of aryl methyl sites for hydroxylation is 1. The molecule has 2 heterocycles. The Morgan fingerprint density at radius 1 is 1.27 bits per heavy atom. The van der Waals surface area contributed by atoms with Gasteiger partial charge in [-0.05, 0) is 30.0 Å². The molecule has 1 fully saturated rings. The van der Waals surface area contributed by atoms with E-state index in [4.69, 9.17) is 11.1 Å². The molecule has 1 aliphatic carbocycles. The van der Waals surface area contributed by atoms with Gasteiger partial charge in [-0.3, -0.25) is 14.9 Å². The number of pyridine rings is 1. The molecule has 8 nitrogen and oxygen atoms in total. The molecule has 1 aliphatic rings. The normalized spacial score (nSPS) is 14.7. The van der Waals surface area contributed by atoms with Gasteiger partial charge in [0.2, 0.25) is 0 Å². The van der Waals surface area contributed by atoms with E-state index in [1.165, 1.54) is 6.20 Å². The molecule has 1 saturated carbocycles. The Labute approximate surface area is 174 Å². The van der Waals surface area contributed by atoms with Crippen molar-refractivity contribution in [1.29, 1.82) is 5.41 Å². The van der Waals surface area contributed by atoms with Crippen LogP contribution >= 0.6 is 0 Å². The molecular formula is C22H24N6O2. The van der Waals surface area contributed by atoms with Crippen molar-refractivity contribution in [3.8, 4) is 11.1 Å². The Hall–Kier alpha value is -3.52. The molecule has 3 aromatic rings. The third-order valence-electron chi connectivity index (χ3n) is 5.83. The van der Waals surface area contributed by atoms with Crippen molar-refractivity contribution in [3.63, 3.8) is 0 Å². The Kier molecular flexibility index (Phi) is 5.09. The van der Waals surface area contributed by atoms with E-state index in [0.29, 0.717) is 16.9 Å². The quantitative estimate of drug-likeness (QED) is 0.383. The number of rotatable bonds is 5. The van der Waals surface area contributed by atoms with Gasteiger partial charge in [-0.25, -0.2) is 4.98 Å². The van der Waals surface area contributed by atoms with Gasteiger partial charge in [-0.15, -0.1) is 0 Å². The lowest BCUT2D eigenvalue weighted by Crippen LogP contribution is -2.50. The average molecular weight is 404 g/mol. The first kappa shape index (κ1) is 19.8. The first-order valence-corrected chi connectivity index (χ1v) is 9.78. The van der Waals surface area contributed by atoms with E-state index < -0.39 is 5.41 Å². The van der Waals surface area contributed by atoms with Crippen molar-refractivity contribution in [2.24, 2.45) is 7.05 Å². The number of aliphatic hydroxyl groups excluding tert-OH is 1. The van der Waals surface area contributed by atoms with Gasteiger partial charge in [-0.1, -0.05) is 30.7 Å². The van der Waals surface area contributed by atoms with Crippen LogP contribution in [0.25, 0.3) is 11.1 Å². The van der Waals surface area contributed by atoms with Crippen LogP contribution in [0.4, 0.5) is 5.82 Å². The maximum Gasteiger partial charge on any atom is 0.259 e. The van der Waals surface area contributed by atoms with Gasteiger partial charge >= 0.3 is 0 Å². The van der Waals surface area contributed by atoms with E-state index in [2.05, 4.69) is 15.4 Å². The van der Waals surface area contributed by atoms with Crippen molar-refractivity contribution in [1.82, 2.24) is 20.1 Å². The number of hydrogen-bond acceptors (Lipinski definition) is 6. The first-order valence-electron chi connectivity index (χ1n) is 9.78. The molecule has 1 aromatic carbocycles. The van der Waals surface area contributed by atoms with E-state index in [-0.39, 0.29) is 18.3 Å². The highest BCUT2D eigenvalue weighted by Crippen LogP contribution is 2.44. The number of anilines is 1. The number of aliphatic hydroxyl groups is 1.